The van der Waals surface area contributed by atoms with Crippen LogP contribution in [-0.2, 0) is 11.2 Å². The molecule has 0 spiro atoms. The molecule has 5 heteroatoms. The highest BCUT2D eigenvalue weighted by Gasteiger charge is 2.39. The molecule has 30 heavy (non-hydrogen) atoms. The van der Waals surface area contributed by atoms with Crippen LogP contribution in [0.3, 0.4) is 0 Å². The number of unbranched alkanes of at least 4 members (excludes halogenated alkanes) is 1. The van der Waals surface area contributed by atoms with E-state index >= 15 is 0 Å². The fourth-order valence-electron chi connectivity index (χ4n) is 4.06. The quantitative estimate of drug-likeness (QED) is 0.312. The summed E-state index contributed by atoms with van der Waals surface area (Å²) in [6.45, 7) is 2.57. The van der Waals surface area contributed by atoms with E-state index in [9.17, 15) is 20.1 Å². The summed E-state index contributed by atoms with van der Waals surface area (Å²) in [4.78, 5) is 11.4. The molecule has 4 N–H and O–H groups in total. The molecule has 0 aromatic heterocycles. The van der Waals surface area contributed by atoms with Gasteiger partial charge in [-0.2, -0.15) is 0 Å². The topological polar surface area (TPSA) is 89.8 Å². The van der Waals surface area contributed by atoms with Gasteiger partial charge in [0.15, 0.2) is 0 Å². The normalized spacial score (nSPS) is 25.2. The van der Waals surface area contributed by atoms with Crippen molar-refractivity contribution >= 4 is 5.91 Å². The van der Waals surface area contributed by atoms with Crippen molar-refractivity contribution in [2.75, 3.05) is 6.54 Å². The van der Waals surface area contributed by atoms with Crippen molar-refractivity contribution in [1.82, 2.24) is 5.32 Å². The number of carbonyl (C=O) groups is 1. The molecule has 0 radical (unpaired) electrons. The summed E-state index contributed by atoms with van der Waals surface area (Å²) >= 11 is 0. The van der Waals surface area contributed by atoms with Crippen molar-refractivity contribution in [2.45, 2.75) is 70.2 Å². The molecule has 1 fully saturated rings. The number of carbonyl (C=O) groups excluding carboxylic acids is 1. The van der Waals surface area contributed by atoms with Gasteiger partial charge in [0.25, 0.3) is 0 Å². The number of benzene rings is 1. The van der Waals surface area contributed by atoms with Gasteiger partial charge < -0.3 is 20.6 Å². The fourth-order valence-corrected chi connectivity index (χ4v) is 4.06. The molecular weight excluding hydrogens is 378 g/mol. The van der Waals surface area contributed by atoms with Gasteiger partial charge in [-0.1, -0.05) is 54.6 Å². The zero-order chi connectivity index (χ0) is 21.8. The van der Waals surface area contributed by atoms with E-state index in [1.54, 1.807) is 6.08 Å². The zero-order valence-corrected chi connectivity index (χ0v) is 18.0. The Morgan fingerprint density at radius 1 is 1.20 bits per heavy atom. The van der Waals surface area contributed by atoms with Gasteiger partial charge in [-0.3, -0.25) is 4.79 Å². The first-order valence-electron chi connectivity index (χ1n) is 11.2. The average Bonchev–Trinajstić information content (AvgIpc) is 3.00. The average molecular weight is 416 g/mol. The minimum atomic E-state index is -0.589. The predicted octanol–water partition coefficient (Wildman–Crippen LogP) is 3.15. The summed E-state index contributed by atoms with van der Waals surface area (Å²) in [7, 11) is 0. The van der Waals surface area contributed by atoms with Gasteiger partial charge in [-0.05, 0) is 50.5 Å². The molecule has 1 aliphatic carbocycles. The smallest absolute Gasteiger partial charge is 0.219 e. The third-order valence-electron chi connectivity index (χ3n) is 5.77. The Kier molecular flexibility index (Phi) is 10.8. The lowest BCUT2D eigenvalue weighted by Crippen LogP contribution is -2.21. The van der Waals surface area contributed by atoms with E-state index in [0.717, 1.165) is 19.3 Å². The van der Waals surface area contributed by atoms with Crippen LogP contribution in [0.2, 0.25) is 0 Å². The second-order valence-corrected chi connectivity index (χ2v) is 8.14. The van der Waals surface area contributed by atoms with E-state index < -0.39 is 18.3 Å². The van der Waals surface area contributed by atoms with Gasteiger partial charge in [0.2, 0.25) is 5.91 Å². The molecule has 0 heterocycles. The molecular formula is C25H37NO4. The molecule has 1 amide bonds. The van der Waals surface area contributed by atoms with Crippen LogP contribution in [0.25, 0.3) is 0 Å². The minimum absolute atomic E-state index is 0.0581. The number of hydrogen-bond acceptors (Lipinski definition) is 4. The van der Waals surface area contributed by atoms with Crippen LogP contribution in [-0.4, -0.2) is 46.1 Å². The van der Waals surface area contributed by atoms with Gasteiger partial charge in [0.05, 0.1) is 18.3 Å². The fraction of sp³-hybridized carbons (Fsp3) is 0.560. The third kappa shape index (κ3) is 8.42. The second-order valence-electron chi connectivity index (χ2n) is 8.14. The lowest BCUT2D eigenvalue weighted by molar-refractivity contribution is -0.121. The Morgan fingerprint density at radius 3 is 2.70 bits per heavy atom. The van der Waals surface area contributed by atoms with E-state index in [2.05, 4.69) is 5.32 Å². The number of aliphatic hydroxyl groups excluding tert-OH is 3. The molecule has 1 aliphatic rings. The maximum absolute atomic E-state index is 11.4. The molecule has 5 atom stereocenters. The molecule has 1 aromatic rings. The van der Waals surface area contributed by atoms with Crippen LogP contribution in [0.15, 0.2) is 54.6 Å². The first kappa shape index (κ1) is 24.3. The standard InChI is InChI=1S/C25H37NO4/c1-2-26-25(30)13-9-4-3-8-12-21-22(24(29)18-23(21)28)17-16-20(27)15-14-19-10-6-5-7-11-19/h3,5-8,10-11,16-17,20-24,27-29H,2,4,9,12-15,18H2,1H3,(H,26,30)/t20-,21+,22?,23-,24+/m0/s1. The summed E-state index contributed by atoms with van der Waals surface area (Å²) in [5.41, 5.74) is 1.19. The molecule has 166 valence electrons. The highest BCUT2D eigenvalue weighted by molar-refractivity contribution is 5.75. The number of aryl methyl sites for hydroxylation is 1. The van der Waals surface area contributed by atoms with E-state index in [1.807, 2.05) is 55.5 Å². The molecule has 0 bridgehead atoms. The Morgan fingerprint density at radius 2 is 1.97 bits per heavy atom. The Labute approximate surface area is 180 Å². The molecule has 1 aromatic carbocycles. The second kappa shape index (κ2) is 13.4. The summed E-state index contributed by atoms with van der Waals surface area (Å²) in [6, 6.07) is 10.1. The largest absolute Gasteiger partial charge is 0.393 e. The summed E-state index contributed by atoms with van der Waals surface area (Å²) in [5.74, 6) is -0.139. The lowest BCUT2D eigenvalue weighted by Gasteiger charge is -2.19. The van der Waals surface area contributed by atoms with Crippen molar-refractivity contribution in [1.29, 1.82) is 0 Å². The first-order chi connectivity index (χ1) is 14.5. The van der Waals surface area contributed by atoms with E-state index in [-0.39, 0.29) is 17.7 Å². The van der Waals surface area contributed by atoms with Crippen LogP contribution < -0.4 is 5.32 Å². The Balaban J connectivity index is 1.78. The van der Waals surface area contributed by atoms with E-state index in [4.69, 9.17) is 0 Å². The minimum Gasteiger partial charge on any atom is -0.393 e. The highest BCUT2D eigenvalue weighted by Crippen LogP contribution is 2.36. The monoisotopic (exact) mass is 415 g/mol. The van der Waals surface area contributed by atoms with E-state index in [1.165, 1.54) is 5.56 Å². The molecule has 5 nitrogen and oxygen atoms in total. The van der Waals surface area contributed by atoms with Gasteiger partial charge >= 0.3 is 0 Å². The van der Waals surface area contributed by atoms with E-state index in [0.29, 0.717) is 32.2 Å². The first-order valence-corrected chi connectivity index (χ1v) is 11.2. The molecule has 1 saturated carbocycles. The Hall–Kier alpha value is -1.95. The zero-order valence-electron chi connectivity index (χ0n) is 18.0. The van der Waals surface area contributed by atoms with Gasteiger partial charge in [-0.25, -0.2) is 0 Å². The lowest BCUT2D eigenvalue weighted by atomic mass is 9.89. The maximum Gasteiger partial charge on any atom is 0.219 e. The number of amides is 1. The SMILES string of the molecule is CCNC(=O)CCCC=CC[C@@H]1C(C=C[C@@H](O)CCc2ccccc2)[C@H](O)C[C@@H]1O. The summed E-state index contributed by atoms with van der Waals surface area (Å²) < 4.78 is 0. The van der Waals surface area contributed by atoms with Crippen LogP contribution >= 0.6 is 0 Å². The van der Waals surface area contributed by atoms with Crippen LogP contribution in [0, 0.1) is 11.8 Å². The van der Waals surface area contributed by atoms with Gasteiger partial charge in [-0.15, -0.1) is 0 Å². The van der Waals surface area contributed by atoms with Crippen LogP contribution in [0.1, 0.15) is 51.0 Å². The van der Waals surface area contributed by atoms with Crippen molar-refractivity contribution in [3.63, 3.8) is 0 Å². The van der Waals surface area contributed by atoms with Crippen molar-refractivity contribution in [3.05, 3.63) is 60.2 Å². The number of rotatable bonds is 12. The number of allylic oxidation sites excluding steroid dienone is 2. The summed E-state index contributed by atoms with van der Waals surface area (Å²) in [6.07, 6.45) is 10.6. The van der Waals surface area contributed by atoms with Crippen LogP contribution in [0.4, 0.5) is 0 Å². The molecule has 0 aliphatic heterocycles. The summed E-state index contributed by atoms with van der Waals surface area (Å²) in [5, 5.41) is 33.8. The molecule has 0 saturated heterocycles. The number of nitrogens with one attached hydrogen (secondary N) is 1. The van der Waals surface area contributed by atoms with Gasteiger partial charge in [0.1, 0.15) is 0 Å². The van der Waals surface area contributed by atoms with Crippen molar-refractivity contribution < 1.29 is 20.1 Å². The predicted molar refractivity (Wildman–Crippen MR) is 120 cm³/mol. The van der Waals surface area contributed by atoms with Crippen molar-refractivity contribution in [2.24, 2.45) is 11.8 Å². The third-order valence-corrected chi connectivity index (χ3v) is 5.77. The van der Waals surface area contributed by atoms with Gasteiger partial charge in [0, 0.05) is 25.3 Å². The number of aliphatic hydroxyl groups is 3. The van der Waals surface area contributed by atoms with Crippen LogP contribution in [0.5, 0.6) is 0 Å². The molecule has 2 rings (SSSR count). The molecule has 1 unspecified atom stereocenters. The Bertz CT molecular complexity index is 673. The maximum atomic E-state index is 11.4. The highest BCUT2D eigenvalue weighted by atomic mass is 16.3. The van der Waals surface area contributed by atoms with Crippen molar-refractivity contribution in [3.8, 4) is 0 Å². The number of hydrogen-bond donors (Lipinski definition) is 4.